The Morgan fingerprint density at radius 2 is 1.78 bits per heavy atom. The zero-order valence-corrected chi connectivity index (χ0v) is 15.9. The largest absolute Gasteiger partial charge is 0.449 e. The molecule has 0 radical (unpaired) electrons. The number of esters is 1. The monoisotopic (exact) mass is 389 g/mol. The van der Waals surface area contributed by atoms with E-state index < -0.39 is 18.1 Å². The number of urea groups is 1. The Bertz CT molecular complexity index is 842. The number of carbonyl (C=O) groups is 3. The predicted molar refractivity (Wildman–Crippen MR) is 104 cm³/mol. The van der Waals surface area contributed by atoms with E-state index in [1.165, 1.54) is 37.1 Å². The Morgan fingerprint density at radius 3 is 2.37 bits per heavy atom. The minimum absolute atomic E-state index is 0.0983. The lowest BCUT2D eigenvalue weighted by Gasteiger charge is -2.21. The molecule has 0 fully saturated rings. The molecule has 0 saturated carbocycles. The second-order valence-electron chi connectivity index (χ2n) is 5.68. The van der Waals surface area contributed by atoms with Crippen molar-refractivity contribution in [1.29, 1.82) is 0 Å². The maximum Gasteiger partial charge on any atom is 0.340 e. The fourth-order valence-electron chi connectivity index (χ4n) is 2.28. The lowest BCUT2D eigenvalue weighted by atomic mass is 10.2. The smallest absolute Gasteiger partial charge is 0.340 e. The van der Waals surface area contributed by atoms with Crippen molar-refractivity contribution < 1.29 is 19.1 Å². The van der Waals surface area contributed by atoms with Crippen LogP contribution in [0.4, 0.5) is 16.2 Å². The summed E-state index contributed by atoms with van der Waals surface area (Å²) in [6.07, 6.45) is -0.998. The van der Waals surface area contributed by atoms with E-state index in [0.717, 1.165) is 0 Å². The Kier molecular flexibility index (Phi) is 6.79. The number of para-hydroxylation sites is 1. The minimum Gasteiger partial charge on any atom is -0.449 e. The van der Waals surface area contributed by atoms with Gasteiger partial charge in [-0.05, 0) is 37.3 Å². The lowest BCUT2D eigenvalue weighted by Crippen LogP contribution is -2.37. The molecule has 0 aliphatic heterocycles. The number of anilines is 2. The normalized spacial score (nSPS) is 11.3. The Balaban J connectivity index is 2.05. The first-order chi connectivity index (χ1) is 12.8. The first kappa shape index (κ1) is 20.3. The molecular weight excluding hydrogens is 370 g/mol. The van der Waals surface area contributed by atoms with Crippen molar-refractivity contribution in [1.82, 2.24) is 5.32 Å². The average Bonchev–Trinajstić information content (AvgIpc) is 2.67. The van der Waals surface area contributed by atoms with Gasteiger partial charge in [0, 0.05) is 25.5 Å². The summed E-state index contributed by atoms with van der Waals surface area (Å²) in [6.45, 7) is 1.50. The zero-order valence-electron chi connectivity index (χ0n) is 15.2. The van der Waals surface area contributed by atoms with E-state index >= 15 is 0 Å². The Morgan fingerprint density at radius 1 is 1.11 bits per heavy atom. The summed E-state index contributed by atoms with van der Waals surface area (Å²) in [5.41, 5.74) is 1.21. The van der Waals surface area contributed by atoms with Crippen LogP contribution in [-0.4, -0.2) is 38.1 Å². The van der Waals surface area contributed by atoms with Crippen LogP contribution in [0.3, 0.4) is 0 Å². The fourth-order valence-corrected chi connectivity index (χ4v) is 2.54. The van der Waals surface area contributed by atoms with Gasteiger partial charge in [-0.15, -0.1) is 0 Å². The highest BCUT2D eigenvalue weighted by Crippen LogP contribution is 2.22. The number of likely N-dealkylation sites (N-methyl/N-ethyl adjacent to an activating group) is 1. The number of carbonyl (C=O) groups excluding carboxylic acids is 3. The second kappa shape index (κ2) is 9.05. The number of ether oxygens (including phenoxy) is 1. The molecule has 1 unspecified atom stereocenters. The van der Waals surface area contributed by atoms with E-state index in [0.29, 0.717) is 11.4 Å². The van der Waals surface area contributed by atoms with Crippen molar-refractivity contribution in [2.45, 2.75) is 13.0 Å². The number of hydrogen-bond donors (Lipinski definition) is 2. The van der Waals surface area contributed by atoms with Gasteiger partial charge in [-0.25, -0.2) is 9.59 Å². The molecule has 2 rings (SSSR count). The van der Waals surface area contributed by atoms with Crippen molar-refractivity contribution in [2.24, 2.45) is 0 Å². The Hall–Kier alpha value is -3.06. The van der Waals surface area contributed by atoms with E-state index in [1.54, 1.807) is 19.2 Å². The van der Waals surface area contributed by atoms with E-state index in [9.17, 15) is 14.4 Å². The molecule has 8 heteroatoms. The van der Waals surface area contributed by atoms with Crippen molar-refractivity contribution in [3.05, 3.63) is 59.1 Å². The molecule has 0 heterocycles. The first-order valence-corrected chi connectivity index (χ1v) is 8.53. The molecule has 0 aromatic heterocycles. The highest BCUT2D eigenvalue weighted by molar-refractivity contribution is 6.34. The van der Waals surface area contributed by atoms with Crippen molar-refractivity contribution in [3.8, 4) is 0 Å². The molecule has 27 heavy (non-hydrogen) atoms. The van der Waals surface area contributed by atoms with Crippen molar-refractivity contribution in [2.75, 3.05) is 24.3 Å². The molecule has 2 aromatic carbocycles. The van der Waals surface area contributed by atoms with Crippen LogP contribution in [0.25, 0.3) is 0 Å². The molecule has 0 bridgehead atoms. The molecule has 0 spiro atoms. The molecule has 3 amide bonds. The highest BCUT2D eigenvalue weighted by atomic mass is 35.5. The molecule has 0 aliphatic carbocycles. The van der Waals surface area contributed by atoms with Crippen LogP contribution >= 0.6 is 11.6 Å². The number of hydrogen-bond acceptors (Lipinski definition) is 4. The molecule has 0 saturated heterocycles. The van der Waals surface area contributed by atoms with Gasteiger partial charge >= 0.3 is 12.0 Å². The minimum atomic E-state index is -0.998. The summed E-state index contributed by atoms with van der Waals surface area (Å²) in [5, 5.41) is 5.05. The summed E-state index contributed by atoms with van der Waals surface area (Å²) in [4.78, 5) is 37.5. The van der Waals surface area contributed by atoms with E-state index in [1.807, 2.05) is 18.2 Å². The van der Waals surface area contributed by atoms with Gasteiger partial charge in [-0.3, -0.25) is 4.79 Å². The highest BCUT2D eigenvalue weighted by Gasteiger charge is 2.24. The SMILES string of the molecule is CNC(=O)Nc1ccc(C(=O)OC(C)C(=O)N(C)c2ccccc2)c(Cl)c1. The van der Waals surface area contributed by atoms with E-state index in [-0.39, 0.29) is 16.5 Å². The number of benzene rings is 2. The van der Waals surface area contributed by atoms with Crippen LogP contribution in [0.5, 0.6) is 0 Å². The molecular formula is C19H20ClN3O4. The standard InChI is InChI=1S/C19H20ClN3O4/c1-12(17(24)23(3)14-7-5-4-6-8-14)27-18(25)15-10-9-13(11-16(15)20)22-19(26)21-2/h4-12H,1-3H3,(H2,21,22,26). The topological polar surface area (TPSA) is 87.7 Å². The number of amides is 3. The number of rotatable bonds is 5. The van der Waals surface area contributed by atoms with Crippen LogP contribution in [0.15, 0.2) is 48.5 Å². The molecule has 2 N–H and O–H groups in total. The zero-order chi connectivity index (χ0) is 20.0. The molecule has 142 valence electrons. The third-order valence-corrected chi connectivity index (χ3v) is 4.09. The van der Waals surface area contributed by atoms with Gasteiger partial charge < -0.3 is 20.3 Å². The number of nitrogens with zero attached hydrogens (tertiary/aromatic N) is 1. The summed E-state index contributed by atoms with van der Waals surface area (Å²) < 4.78 is 5.25. The van der Waals surface area contributed by atoms with Gasteiger partial charge in [0.15, 0.2) is 6.10 Å². The van der Waals surface area contributed by atoms with Gasteiger partial charge in [-0.1, -0.05) is 29.8 Å². The van der Waals surface area contributed by atoms with Crippen LogP contribution in [0, 0.1) is 0 Å². The number of nitrogens with one attached hydrogen (secondary N) is 2. The second-order valence-corrected chi connectivity index (χ2v) is 6.09. The van der Waals surface area contributed by atoms with Gasteiger partial charge in [-0.2, -0.15) is 0 Å². The first-order valence-electron chi connectivity index (χ1n) is 8.15. The van der Waals surface area contributed by atoms with Gasteiger partial charge in [0.2, 0.25) is 0 Å². The third kappa shape index (κ3) is 5.21. The summed E-state index contributed by atoms with van der Waals surface area (Å²) in [5.74, 6) is -1.10. The van der Waals surface area contributed by atoms with Gasteiger partial charge in [0.05, 0.1) is 10.6 Å². The van der Waals surface area contributed by atoms with Crippen LogP contribution < -0.4 is 15.5 Å². The van der Waals surface area contributed by atoms with E-state index in [2.05, 4.69) is 10.6 Å². The van der Waals surface area contributed by atoms with Crippen LogP contribution in [-0.2, 0) is 9.53 Å². The average molecular weight is 390 g/mol. The molecule has 7 nitrogen and oxygen atoms in total. The molecule has 0 aliphatic rings. The Labute approximate surface area is 162 Å². The maximum atomic E-state index is 12.5. The number of halogens is 1. The summed E-state index contributed by atoms with van der Waals surface area (Å²) in [7, 11) is 3.09. The molecule has 2 aromatic rings. The van der Waals surface area contributed by atoms with E-state index in [4.69, 9.17) is 16.3 Å². The lowest BCUT2D eigenvalue weighted by molar-refractivity contribution is -0.126. The van der Waals surface area contributed by atoms with Crippen molar-refractivity contribution in [3.63, 3.8) is 0 Å². The summed E-state index contributed by atoms with van der Waals surface area (Å²) >= 11 is 6.10. The summed E-state index contributed by atoms with van der Waals surface area (Å²) in [6, 6.07) is 13.0. The van der Waals surface area contributed by atoms with Gasteiger partial charge in [0.25, 0.3) is 5.91 Å². The van der Waals surface area contributed by atoms with Crippen molar-refractivity contribution >= 4 is 40.9 Å². The van der Waals surface area contributed by atoms with Gasteiger partial charge in [0.1, 0.15) is 0 Å². The molecule has 1 atom stereocenters. The van der Waals surface area contributed by atoms with Crippen LogP contribution in [0.1, 0.15) is 17.3 Å². The fraction of sp³-hybridized carbons (Fsp3) is 0.211. The predicted octanol–water partition coefficient (Wildman–Crippen LogP) is 3.30. The third-order valence-electron chi connectivity index (χ3n) is 3.78. The van der Waals surface area contributed by atoms with Crippen LogP contribution in [0.2, 0.25) is 5.02 Å². The quantitative estimate of drug-likeness (QED) is 0.768. The maximum absolute atomic E-state index is 12.5.